The number of carbonyl (C=O) groups is 1. The van der Waals surface area contributed by atoms with E-state index in [0.29, 0.717) is 0 Å². The van der Waals surface area contributed by atoms with Gasteiger partial charge in [-0.05, 0) is 0 Å². The fourth-order valence-corrected chi connectivity index (χ4v) is 0.127. The van der Waals surface area contributed by atoms with Gasteiger partial charge in [-0.2, -0.15) is 0 Å². The highest BCUT2D eigenvalue weighted by atomic mass is 16.4. The molecular weight excluding hydrogens is 94.0 g/mol. The molecule has 0 aromatic rings. The first kappa shape index (κ1) is 5.83. The molecule has 0 aliphatic rings. The van der Waals surface area contributed by atoms with E-state index < -0.39 is 6.09 Å². The highest BCUT2D eigenvalue weighted by Gasteiger charge is 1.84. The van der Waals surface area contributed by atoms with E-state index in [2.05, 4.69) is 5.92 Å². The molecule has 0 fully saturated rings. The maximum Gasteiger partial charge on any atom is 0.405 e. The predicted molar refractivity (Wildman–Crippen MR) is 24.9 cm³/mol. The molecular formula is C4H5NO2. The third-order valence-corrected chi connectivity index (χ3v) is 0.342. The van der Waals surface area contributed by atoms with Crippen molar-refractivity contribution in [3.8, 4) is 12.3 Å². The summed E-state index contributed by atoms with van der Waals surface area (Å²) < 4.78 is 0. The normalized spacial score (nSPS) is 6.71. The highest BCUT2D eigenvalue weighted by Crippen LogP contribution is 1.55. The van der Waals surface area contributed by atoms with Crippen molar-refractivity contribution in [2.75, 3.05) is 6.54 Å². The molecule has 0 aromatic carbocycles. The quantitative estimate of drug-likeness (QED) is 0.450. The van der Waals surface area contributed by atoms with Crippen molar-refractivity contribution in [2.24, 2.45) is 0 Å². The minimum absolute atomic E-state index is 0.0787. The molecule has 0 rings (SSSR count). The Morgan fingerprint density at radius 3 is 2.71 bits per heavy atom. The van der Waals surface area contributed by atoms with Crippen molar-refractivity contribution in [2.45, 2.75) is 0 Å². The standard InChI is InChI=1S/C4H5NO2/c1-2-3-5-4(6)7/h1,5H,3H2,(H,6,7). The molecule has 0 atom stereocenters. The molecule has 0 spiro atoms. The fraction of sp³-hybridized carbons (Fsp3) is 0.250. The summed E-state index contributed by atoms with van der Waals surface area (Å²) in [6.07, 6.45) is 3.62. The average molecular weight is 99.1 g/mol. The van der Waals surface area contributed by atoms with Crippen LogP contribution in [0.5, 0.6) is 0 Å². The molecule has 0 aromatic heterocycles. The van der Waals surface area contributed by atoms with Gasteiger partial charge in [-0.25, -0.2) is 4.79 Å². The first-order valence-electron chi connectivity index (χ1n) is 1.67. The molecule has 38 valence electrons. The van der Waals surface area contributed by atoms with Gasteiger partial charge in [0.15, 0.2) is 0 Å². The van der Waals surface area contributed by atoms with Gasteiger partial charge >= 0.3 is 6.09 Å². The molecule has 0 radical (unpaired) electrons. The summed E-state index contributed by atoms with van der Waals surface area (Å²) in [7, 11) is 0. The van der Waals surface area contributed by atoms with Gasteiger partial charge in [-0.15, -0.1) is 6.42 Å². The van der Waals surface area contributed by atoms with Crippen LogP contribution in [0.25, 0.3) is 0 Å². The maximum absolute atomic E-state index is 9.55. The van der Waals surface area contributed by atoms with Crippen LogP contribution in [0.2, 0.25) is 0 Å². The van der Waals surface area contributed by atoms with E-state index in [1.165, 1.54) is 0 Å². The molecule has 0 heterocycles. The first-order chi connectivity index (χ1) is 3.27. The molecule has 0 saturated heterocycles. The number of nitrogens with one attached hydrogen (secondary N) is 1. The third kappa shape index (κ3) is 4.83. The summed E-state index contributed by atoms with van der Waals surface area (Å²) >= 11 is 0. The van der Waals surface area contributed by atoms with E-state index in [1.807, 2.05) is 5.32 Å². The van der Waals surface area contributed by atoms with Crippen molar-refractivity contribution in [1.82, 2.24) is 5.32 Å². The van der Waals surface area contributed by atoms with Crippen LogP contribution in [0.4, 0.5) is 4.79 Å². The number of terminal acetylenes is 1. The summed E-state index contributed by atoms with van der Waals surface area (Å²) in [5.74, 6) is 2.11. The van der Waals surface area contributed by atoms with E-state index in [9.17, 15) is 4.79 Å². The minimum atomic E-state index is -1.09. The van der Waals surface area contributed by atoms with E-state index in [1.54, 1.807) is 0 Å². The number of amides is 1. The fourth-order valence-electron chi connectivity index (χ4n) is 0.127. The lowest BCUT2D eigenvalue weighted by Crippen LogP contribution is -2.20. The molecule has 7 heavy (non-hydrogen) atoms. The SMILES string of the molecule is C#CCNC(=O)O. The summed E-state index contributed by atoms with van der Waals surface area (Å²) in [5, 5.41) is 9.81. The van der Waals surface area contributed by atoms with Gasteiger partial charge in [0.05, 0.1) is 6.54 Å². The number of rotatable bonds is 1. The number of hydrogen-bond donors (Lipinski definition) is 2. The molecule has 2 N–H and O–H groups in total. The lowest BCUT2D eigenvalue weighted by atomic mass is 10.7. The molecule has 0 unspecified atom stereocenters. The minimum Gasteiger partial charge on any atom is -0.465 e. The Morgan fingerprint density at radius 1 is 2.00 bits per heavy atom. The Balaban J connectivity index is 3.02. The van der Waals surface area contributed by atoms with Crippen molar-refractivity contribution in [3.63, 3.8) is 0 Å². The number of carboxylic acid groups (broad SMARTS) is 1. The Bertz CT molecular complexity index is 103. The van der Waals surface area contributed by atoms with Gasteiger partial charge in [-0.3, -0.25) is 0 Å². The van der Waals surface area contributed by atoms with Crippen LogP contribution >= 0.6 is 0 Å². The van der Waals surface area contributed by atoms with Crippen LogP contribution < -0.4 is 5.32 Å². The van der Waals surface area contributed by atoms with Gasteiger partial charge in [0, 0.05) is 0 Å². The van der Waals surface area contributed by atoms with Crippen LogP contribution in [0, 0.1) is 12.3 Å². The van der Waals surface area contributed by atoms with Gasteiger partial charge in [0.25, 0.3) is 0 Å². The Kier molecular flexibility index (Phi) is 2.53. The smallest absolute Gasteiger partial charge is 0.405 e. The summed E-state index contributed by atoms with van der Waals surface area (Å²) in [6, 6.07) is 0. The molecule has 0 aliphatic carbocycles. The lowest BCUT2D eigenvalue weighted by Gasteiger charge is -1.87. The Morgan fingerprint density at radius 2 is 2.57 bits per heavy atom. The Hall–Kier alpha value is -1.17. The molecule has 1 amide bonds. The first-order valence-corrected chi connectivity index (χ1v) is 1.67. The summed E-state index contributed by atoms with van der Waals surface area (Å²) in [6.45, 7) is 0.0787. The topological polar surface area (TPSA) is 49.3 Å². The largest absolute Gasteiger partial charge is 0.465 e. The molecule has 0 bridgehead atoms. The second-order valence-electron chi connectivity index (χ2n) is 0.863. The van der Waals surface area contributed by atoms with Crippen molar-refractivity contribution >= 4 is 6.09 Å². The highest BCUT2D eigenvalue weighted by molar-refractivity contribution is 5.64. The van der Waals surface area contributed by atoms with Crippen molar-refractivity contribution in [3.05, 3.63) is 0 Å². The van der Waals surface area contributed by atoms with Crippen molar-refractivity contribution in [1.29, 1.82) is 0 Å². The molecule has 0 aliphatic heterocycles. The van der Waals surface area contributed by atoms with Crippen LogP contribution in [-0.4, -0.2) is 17.7 Å². The van der Waals surface area contributed by atoms with Crippen LogP contribution in [-0.2, 0) is 0 Å². The zero-order chi connectivity index (χ0) is 5.70. The van der Waals surface area contributed by atoms with E-state index in [0.717, 1.165) is 0 Å². The summed E-state index contributed by atoms with van der Waals surface area (Å²) in [4.78, 5) is 9.55. The monoisotopic (exact) mass is 99.0 g/mol. The summed E-state index contributed by atoms with van der Waals surface area (Å²) in [5.41, 5.74) is 0. The van der Waals surface area contributed by atoms with Gasteiger partial charge in [0.2, 0.25) is 0 Å². The second-order valence-corrected chi connectivity index (χ2v) is 0.863. The number of hydrogen-bond acceptors (Lipinski definition) is 1. The van der Waals surface area contributed by atoms with Gasteiger partial charge in [0.1, 0.15) is 0 Å². The second kappa shape index (κ2) is 3.04. The van der Waals surface area contributed by atoms with Crippen molar-refractivity contribution < 1.29 is 9.90 Å². The third-order valence-electron chi connectivity index (χ3n) is 0.342. The molecule has 0 saturated carbocycles. The van der Waals surface area contributed by atoms with E-state index >= 15 is 0 Å². The van der Waals surface area contributed by atoms with Crippen LogP contribution in [0.15, 0.2) is 0 Å². The van der Waals surface area contributed by atoms with E-state index in [-0.39, 0.29) is 6.54 Å². The lowest BCUT2D eigenvalue weighted by molar-refractivity contribution is 0.196. The maximum atomic E-state index is 9.55. The van der Waals surface area contributed by atoms with E-state index in [4.69, 9.17) is 11.5 Å². The zero-order valence-corrected chi connectivity index (χ0v) is 3.64. The predicted octanol–water partition coefficient (Wildman–Crippen LogP) is -0.113. The average Bonchev–Trinajstić information content (AvgIpc) is 1.61. The van der Waals surface area contributed by atoms with Crippen LogP contribution in [0.1, 0.15) is 0 Å². The Labute approximate surface area is 41.3 Å². The molecule has 3 nitrogen and oxygen atoms in total. The van der Waals surface area contributed by atoms with Crippen LogP contribution in [0.3, 0.4) is 0 Å². The molecule has 3 heteroatoms. The zero-order valence-electron chi connectivity index (χ0n) is 3.64. The van der Waals surface area contributed by atoms with Gasteiger partial charge < -0.3 is 10.4 Å². The van der Waals surface area contributed by atoms with Gasteiger partial charge in [-0.1, -0.05) is 5.92 Å².